The van der Waals surface area contributed by atoms with Gasteiger partial charge >= 0.3 is 0 Å². The molecule has 1 saturated carbocycles. The fourth-order valence-corrected chi connectivity index (χ4v) is 4.93. The molecule has 3 heterocycles. The molecule has 7 nitrogen and oxygen atoms in total. The summed E-state index contributed by atoms with van der Waals surface area (Å²) >= 11 is 6.34. The molecule has 2 aliphatic heterocycles. The minimum Gasteiger partial charge on any atom is -0.366 e. The second-order valence-corrected chi connectivity index (χ2v) is 8.34. The minimum atomic E-state index is -0.677. The van der Waals surface area contributed by atoms with E-state index in [2.05, 4.69) is 10.3 Å². The third-order valence-corrected chi connectivity index (χ3v) is 6.39. The molecule has 1 aromatic heterocycles. The van der Waals surface area contributed by atoms with Gasteiger partial charge in [0, 0.05) is 18.9 Å². The molecule has 2 saturated heterocycles. The van der Waals surface area contributed by atoms with Crippen molar-refractivity contribution in [2.75, 3.05) is 13.2 Å². The lowest BCUT2D eigenvalue weighted by Crippen LogP contribution is -2.55. The molecule has 150 valence electrons. The number of pyridine rings is 1. The average molecular weight is 406 g/mol. The zero-order chi connectivity index (χ0) is 19.7. The van der Waals surface area contributed by atoms with Crippen molar-refractivity contribution in [3.8, 4) is 0 Å². The fourth-order valence-electron chi connectivity index (χ4n) is 4.57. The molecule has 4 atom stereocenters. The van der Waals surface area contributed by atoms with Crippen molar-refractivity contribution in [2.24, 2.45) is 5.92 Å². The molecule has 0 spiro atoms. The Morgan fingerprint density at radius 3 is 2.79 bits per heavy atom. The van der Waals surface area contributed by atoms with Crippen LogP contribution in [-0.2, 0) is 14.3 Å². The van der Waals surface area contributed by atoms with Crippen molar-refractivity contribution >= 4 is 29.2 Å². The second-order valence-electron chi connectivity index (χ2n) is 7.78. The summed E-state index contributed by atoms with van der Waals surface area (Å²) in [5.41, 5.74) is 0.408. The van der Waals surface area contributed by atoms with Gasteiger partial charge in [-0.1, -0.05) is 19.3 Å². The fraction of sp³-hybridized carbons (Fsp3) is 0.600. The van der Waals surface area contributed by atoms with Gasteiger partial charge in [0.25, 0.3) is 5.91 Å². The highest BCUT2D eigenvalue weighted by Gasteiger charge is 2.53. The zero-order valence-electron chi connectivity index (χ0n) is 15.6. The van der Waals surface area contributed by atoms with E-state index in [0.717, 1.165) is 32.1 Å². The van der Waals surface area contributed by atoms with E-state index in [1.54, 1.807) is 18.3 Å². The number of rotatable bonds is 4. The van der Waals surface area contributed by atoms with E-state index in [1.165, 1.54) is 11.1 Å². The van der Waals surface area contributed by atoms with Crippen LogP contribution in [0.5, 0.6) is 0 Å². The Hall–Kier alpha value is -1.99. The van der Waals surface area contributed by atoms with Crippen LogP contribution in [0.3, 0.4) is 0 Å². The predicted molar refractivity (Wildman–Crippen MR) is 102 cm³/mol. The summed E-state index contributed by atoms with van der Waals surface area (Å²) in [6.07, 6.45) is 7.56. The van der Waals surface area contributed by atoms with Crippen molar-refractivity contribution in [2.45, 2.75) is 55.7 Å². The lowest BCUT2D eigenvalue weighted by Gasteiger charge is -2.34. The minimum absolute atomic E-state index is 0.0154. The lowest BCUT2D eigenvalue weighted by molar-refractivity contribution is -0.139. The largest absolute Gasteiger partial charge is 0.366 e. The maximum absolute atomic E-state index is 13.5. The molecule has 1 aliphatic carbocycles. The van der Waals surface area contributed by atoms with Crippen LogP contribution in [0.15, 0.2) is 24.5 Å². The molecule has 1 N–H and O–H groups in total. The van der Waals surface area contributed by atoms with E-state index in [1.807, 2.05) is 0 Å². The number of ketones is 1. The van der Waals surface area contributed by atoms with Crippen LogP contribution in [0, 0.1) is 5.92 Å². The Morgan fingerprint density at radius 1 is 1.29 bits per heavy atom. The number of Topliss-reactive ketones (excluding diaryl/α,β-unsaturated/α-hetero) is 1. The third kappa shape index (κ3) is 3.65. The first-order valence-corrected chi connectivity index (χ1v) is 10.3. The molecule has 28 heavy (non-hydrogen) atoms. The summed E-state index contributed by atoms with van der Waals surface area (Å²) in [6, 6.07) is 2.03. The first-order valence-electron chi connectivity index (χ1n) is 9.86. The van der Waals surface area contributed by atoms with E-state index in [4.69, 9.17) is 16.3 Å². The number of hydrogen-bond acceptors (Lipinski definition) is 5. The Balaban J connectivity index is 1.57. The highest BCUT2D eigenvalue weighted by Crippen LogP contribution is 2.33. The van der Waals surface area contributed by atoms with Gasteiger partial charge in [-0.2, -0.15) is 0 Å². The summed E-state index contributed by atoms with van der Waals surface area (Å²) in [5.74, 6) is -0.639. The Morgan fingerprint density at radius 2 is 2.07 bits per heavy atom. The van der Waals surface area contributed by atoms with E-state index >= 15 is 0 Å². The van der Waals surface area contributed by atoms with Crippen molar-refractivity contribution in [1.82, 2.24) is 15.2 Å². The molecule has 0 bridgehead atoms. The van der Waals surface area contributed by atoms with Gasteiger partial charge in [-0.05, 0) is 30.9 Å². The topological polar surface area (TPSA) is 88.6 Å². The number of aromatic nitrogens is 1. The van der Waals surface area contributed by atoms with Gasteiger partial charge in [0.1, 0.15) is 24.8 Å². The summed E-state index contributed by atoms with van der Waals surface area (Å²) in [6.45, 7) is 0.242. The zero-order valence-corrected chi connectivity index (χ0v) is 16.3. The van der Waals surface area contributed by atoms with E-state index in [0.29, 0.717) is 5.56 Å². The quantitative estimate of drug-likeness (QED) is 0.768. The number of ether oxygens (including phenoxy) is 1. The van der Waals surface area contributed by atoms with E-state index in [9.17, 15) is 14.4 Å². The van der Waals surface area contributed by atoms with E-state index in [-0.39, 0.29) is 36.7 Å². The first-order chi connectivity index (χ1) is 13.6. The van der Waals surface area contributed by atoms with Crippen molar-refractivity contribution < 1.29 is 19.1 Å². The molecule has 3 fully saturated rings. The molecule has 3 aliphatic rings. The van der Waals surface area contributed by atoms with Gasteiger partial charge in [-0.15, -0.1) is 11.6 Å². The molecule has 0 radical (unpaired) electrons. The first kappa shape index (κ1) is 19.3. The van der Waals surface area contributed by atoms with Crippen LogP contribution >= 0.6 is 11.6 Å². The number of fused-ring (bicyclic) bond motifs is 1. The molecular weight excluding hydrogens is 382 g/mol. The molecular formula is C20H24ClN3O4. The third-order valence-electron chi connectivity index (χ3n) is 6.00. The van der Waals surface area contributed by atoms with Crippen LogP contribution in [0.25, 0.3) is 0 Å². The average Bonchev–Trinajstić information content (AvgIpc) is 3.27. The smallest absolute Gasteiger partial charge is 0.253 e. The number of hydrogen-bond donors (Lipinski definition) is 1. The SMILES string of the molecule is O=C(N[C@H](C(=O)N1C[C@H](Cl)[C@H]2OCC(=O)[C@H]21)C1CCCCC1)c1cccnc1. The van der Waals surface area contributed by atoms with Crippen LogP contribution in [-0.4, -0.2) is 64.2 Å². The predicted octanol–water partition coefficient (Wildman–Crippen LogP) is 1.55. The Labute approximate surface area is 168 Å². The standard InChI is InChI=1S/C20H24ClN3O4/c21-14-10-24(17-15(25)11-28-18(14)17)20(27)16(12-5-2-1-3-6-12)23-19(26)13-7-4-8-22-9-13/h4,7-9,12,14,16-18H,1-3,5-6,10-11H2,(H,23,26)/t14-,16-,17+,18+/m0/s1. The number of carbonyl (C=O) groups is 3. The normalized spacial score (nSPS) is 28.8. The van der Waals surface area contributed by atoms with Crippen LogP contribution in [0.2, 0.25) is 0 Å². The monoisotopic (exact) mass is 405 g/mol. The van der Waals surface area contributed by atoms with E-state index < -0.39 is 23.6 Å². The van der Waals surface area contributed by atoms with Gasteiger partial charge in [-0.3, -0.25) is 19.4 Å². The molecule has 2 amide bonds. The second kappa shape index (κ2) is 8.17. The van der Waals surface area contributed by atoms with Gasteiger partial charge in [0.2, 0.25) is 5.91 Å². The maximum atomic E-state index is 13.5. The molecule has 8 heteroatoms. The van der Waals surface area contributed by atoms with Gasteiger partial charge in [0.05, 0.1) is 10.9 Å². The number of halogens is 1. The lowest BCUT2D eigenvalue weighted by atomic mass is 9.83. The van der Waals surface area contributed by atoms with Crippen LogP contribution in [0.4, 0.5) is 0 Å². The maximum Gasteiger partial charge on any atom is 0.253 e. The molecule has 0 unspecified atom stereocenters. The Bertz CT molecular complexity index is 753. The highest BCUT2D eigenvalue weighted by molar-refractivity contribution is 6.22. The van der Waals surface area contributed by atoms with Crippen molar-refractivity contribution in [3.63, 3.8) is 0 Å². The molecule has 4 rings (SSSR count). The number of alkyl halides is 1. The van der Waals surface area contributed by atoms with Gasteiger partial charge in [0.15, 0.2) is 5.78 Å². The number of amides is 2. The van der Waals surface area contributed by atoms with Crippen molar-refractivity contribution in [1.29, 1.82) is 0 Å². The summed E-state index contributed by atoms with van der Waals surface area (Å²) < 4.78 is 5.49. The van der Waals surface area contributed by atoms with Gasteiger partial charge < -0.3 is 15.0 Å². The number of carbonyl (C=O) groups excluding carboxylic acids is 3. The number of nitrogens with one attached hydrogen (secondary N) is 1. The van der Waals surface area contributed by atoms with Crippen LogP contribution in [0.1, 0.15) is 42.5 Å². The summed E-state index contributed by atoms with van der Waals surface area (Å²) in [5, 5.41) is 2.51. The Kier molecular flexibility index (Phi) is 5.64. The number of nitrogens with zero attached hydrogens (tertiary/aromatic N) is 2. The van der Waals surface area contributed by atoms with Crippen LogP contribution < -0.4 is 5.32 Å². The summed E-state index contributed by atoms with van der Waals surface area (Å²) in [4.78, 5) is 44.0. The summed E-state index contributed by atoms with van der Waals surface area (Å²) in [7, 11) is 0. The molecule has 1 aromatic rings. The van der Waals surface area contributed by atoms with Gasteiger partial charge in [-0.25, -0.2) is 0 Å². The van der Waals surface area contributed by atoms with Crippen molar-refractivity contribution in [3.05, 3.63) is 30.1 Å². The molecule has 0 aromatic carbocycles. The highest BCUT2D eigenvalue weighted by atomic mass is 35.5. The number of likely N-dealkylation sites (tertiary alicyclic amines) is 1.